The summed E-state index contributed by atoms with van der Waals surface area (Å²) in [6, 6.07) is 1.76. The van der Waals surface area contributed by atoms with Gasteiger partial charge < -0.3 is 10.6 Å². The Balaban J connectivity index is 3.08. The van der Waals surface area contributed by atoms with Gasteiger partial charge in [0.2, 0.25) is 0 Å². The molecular formula is C11H13F2IN2O. The predicted molar refractivity (Wildman–Crippen MR) is 69.7 cm³/mol. The Morgan fingerprint density at radius 3 is 2.53 bits per heavy atom. The van der Waals surface area contributed by atoms with Crippen LogP contribution in [-0.4, -0.2) is 30.4 Å². The van der Waals surface area contributed by atoms with E-state index in [1.807, 2.05) is 0 Å². The topological polar surface area (TPSA) is 46.3 Å². The molecule has 1 aromatic carbocycles. The number of nitrogens with zero attached hydrogens (tertiary/aromatic N) is 1. The van der Waals surface area contributed by atoms with Gasteiger partial charge in [-0.25, -0.2) is 8.78 Å². The lowest BCUT2D eigenvalue weighted by Crippen LogP contribution is -2.40. The summed E-state index contributed by atoms with van der Waals surface area (Å²) in [4.78, 5) is 13.4. The van der Waals surface area contributed by atoms with Crippen molar-refractivity contribution in [3.05, 3.63) is 32.9 Å². The number of likely N-dealkylation sites (N-methyl/N-ethyl adjacent to an activating group) is 1. The van der Waals surface area contributed by atoms with Crippen LogP contribution in [-0.2, 0) is 0 Å². The summed E-state index contributed by atoms with van der Waals surface area (Å²) in [5, 5.41) is 0. The highest BCUT2D eigenvalue weighted by Crippen LogP contribution is 2.19. The van der Waals surface area contributed by atoms with Crippen molar-refractivity contribution in [2.24, 2.45) is 5.73 Å². The van der Waals surface area contributed by atoms with Crippen LogP contribution in [0.15, 0.2) is 12.1 Å². The van der Waals surface area contributed by atoms with Crippen LogP contribution < -0.4 is 5.73 Å². The minimum atomic E-state index is -1.03. The van der Waals surface area contributed by atoms with E-state index in [2.05, 4.69) is 0 Å². The number of carbonyl (C=O) groups excluding carboxylic acids is 1. The number of hydrogen-bond donors (Lipinski definition) is 1. The summed E-state index contributed by atoms with van der Waals surface area (Å²) in [5.41, 5.74) is 5.60. The van der Waals surface area contributed by atoms with E-state index in [9.17, 15) is 13.6 Å². The lowest BCUT2D eigenvalue weighted by atomic mass is 10.1. The van der Waals surface area contributed by atoms with Gasteiger partial charge in [0, 0.05) is 23.2 Å². The molecular weight excluding hydrogens is 341 g/mol. The monoisotopic (exact) mass is 354 g/mol. The number of halogens is 3. The number of carbonyl (C=O) groups is 1. The molecule has 0 aromatic heterocycles. The van der Waals surface area contributed by atoms with Gasteiger partial charge in [0.1, 0.15) is 0 Å². The average molecular weight is 354 g/mol. The number of rotatable bonds is 3. The maximum atomic E-state index is 13.1. The zero-order valence-electron chi connectivity index (χ0n) is 9.51. The third-order valence-electron chi connectivity index (χ3n) is 2.56. The van der Waals surface area contributed by atoms with Crippen LogP contribution in [0.3, 0.4) is 0 Å². The molecule has 0 bridgehead atoms. The van der Waals surface area contributed by atoms with Crippen molar-refractivity contribution < 1.29 is 13.6 Å². The standard InChI is InChI=1S/C11H13F2IN2O/c1-6(5-15)16(2)11(17)7-3-8(12)9(13)4-10(7)14/h3-4,6H,5,15H2,1-2H3. The fourth-order valence-electron chi connectivity index (χ4n) is 1.23. The molecule has 0 saturated heterocycles. The van der Waals surface area contributed by atoms with Gasteiger partial charge in [-0.15, -0.1) is 0 Å². The first-order valence-electron chi connectivity index (χ1n) is 5.00. The van der Waals surface area contributed by atoms with Crippen molar-refractivity contribution >= 4 is 28.5 Å². The zero-order valence-corrected chi connectivity index (χ0v) is 11.7. The van der Waals surface area contributed by atoms with E-state index in [1.165, 1.54) is 4.90 Å². The summed E-state index contributed by atoms with van der Waals surface area (Å²) in [7, 11) is 1.58. The summed E-state index contributed by atoms with van der Waals surface area (Å²) in [5.74, 6) is -2.35. The minimum Gasteiger partial charge on any atom is -0.338 e. The second-order valence-electron chi connectivity index (χ2n) is 3.75. The van der Waals surface area contributed by atoms with E-state index in [4.69, 9.17) is 5.73 Å². The fourth-order valence-corrected chi connectivity index (χ4v) is 1.89. The minimum absolute atomic E-state index is 0.146. The van der Waals surface area contributed by atoms with E-state index in [0.29, 0.717) is 10.1 Å². The number of nitrogens with two attached hydrogens (primary N) is 1. The smallest absolute Gasteiger partial charge is 0.255 e. The molecule has 1 rings (SSSR count). The van der Waals surface area contributed by atoms with Gasteiger partial charge in [0.05, 0.1) is 5.56 Å². The van der Waals surface area contributed by atoms with Gasteiger partial charge in [-0.05, 0) is 41.6 Å². The molecule has 1 aromatic rings. The fraction of sp³-hybridized carbons (Fsp3) is 0.364. The molecule has 0 aliphatic rings. The Hall–Kier alpha value is -0.760. The predicted octanol–water partition coefficient (Wildman–Crippen LogP) is 1.99. The van der Waals surface area contributed by atoms with Crippen molar-refractivity contribution in [2.75, 3.05) is 13.6 Å². The van der Waals surface area contributed by atoms with Crippen molar-refractivity contribution in [2.45, 2.75) is 13.0 Å². The molecule has 0 saturated carbocycles. The van der Waals surface area contributed by atoms with Crippen LogP contribution in [0.4, 0.5) is 8.78 Å². The van der Waals surface area contributed by atoms with E-state index in [1.54, 1.807) is 36.6 Å². The summed E-state index contributed by atoms with van der Waals surface area (Å²) in [6.07, 6.45) is 0. The highest BCUT2D eigenvalue weighted by atomic mass is 127. The molecule has 17 heavy (non-hydrogen) atoms. The van der Waals surface area contributed by atoms with Crippen molar-refractivity contribution in [1.29, 1.82) is 0 Å². The lowest BCUT2D eigenvalue weighted by Gasteiger charge is -2.24. The lowest BCUT2D eigenvalue weighted by molar-refractivity contribution is 0.0746. The largest absolute Gasteiger partial charge is 0.338 e. The quantitative estimate of drug-likeness (QED) is 0.667. The van der Waals surface area contributed by atoms with Crippen LogP contribution in [0.25, 0.3) is 0 Å². The van der Waals surface area contributed by atoms with Crippen LogP contribution in [0.5, 0.6) is 0 Å². The first kappa shape index (κ1) is 14.3. The number of benzene rings is 1. The summed E-state index contributed by atoms with van der Waals surface area (Å²) < 4.78 is 26.4. The van der Waals surface area contributed by atoms with Gasteiger partial charge in [0.15, 0.2) is 11.6 Å². The SMILES string of the molecule is CC(CN)N(C)C(=O)c1cc(F)c(F)cc1I. The molecule has 1 amide bonds. The second kappa shape index (κ2) is 5.72. The molecule has 1 unspecified atom stereocenters. The first-order chi connectivity index (χ1) is 7.88. The molecule has 1 atom stereocenters. The summed E-state index contributed by atoms with van der Waals surface area (Å²) >= 11 is 1.80. The molecule has 3 nitrogen and oxygen atoms in total. The summed E-state index contributed by atoms with van der Waals surface area (Å²) in [6.45, 7) is 2.09. The second-order valence-corrected chi connectivity index (χ2v) is 4.91. The third-order valence-corrected chi connectivity index (χ3v) is 3.46. The highest BCUT2D eigenvalue weighted by molar-refractivity contribution is 14.1. The molecule has 0 aliphatic heterocycles. The molecule has 0 aliphatic carbocycles. The first-order valence-corrected chi connectivity index (χ1v) is 6.08. The molecule has 0 spiro atoms. The van der Waals surface area contributed by atoms with E-state index in [-0.39, 0.29) is 17.5 Å². The van der Waals surface area contributed by atoms with Gasteiger partial charge in [-0.1, -0.05) is 0 Å². The Labute approximate surface area is 112 Å². The van der Waals surface area contributed by atoms with Crippen LogP contribution in [0.2, 0.25) is 0 Å². The Morgan fingerprint density at radius 2 is 2.00 bits per heavy atom. The molecule has 6 heteroatoms. The molecule has 94 valence electrons. The van der Waals surface area contributed by atoms with Crippen LogP contribution in [0, 0.1) is 15.2 Å². The average Bonchev–Trinajstić information content (AvgIpc) is 2.31. The Bertz CT molecular complexity index is 440. The maximum Gasteiger partial charge on any atom is 0.255 e. The Morgan fingerprint density at radius 1 is 1.47 bits per heavy atom. The van der Waals surface area contributed by atoms with Gasteiger partial charge in [-0.3, -0.25) is 4.79 Å². The normalized spacial score (nSPS) is 12.4. The molecule has 0 radical (unpaired) electrons. The zero-order chi connectivity index (χ0) is 13.2. The number of amides is 1. The Kier molecular flexibility index (Phi) is 4.81. The van der Waals surface area contributed by atoms with Crippen molar-refractivity contribution in [3.63, 3.8) is 0 Å². The van der Waals surface area contributed by atoms with Crippen molar-refractivity contribution in [3.8, 4) is 0 Å². The maximum absolute atomic E-state index is 13.1. The van der Waals surface area contributed by atoms with Crippen LogP contribution >= 0.6 is 22.6 Å². The van der Waals surface area contributed by atoms with Gasteiger partial charge >= 0.3 is 0 Å². The number of hydrogen-bond acceptors (Lipinski definition) is 2. The highest BCUT2D eigenvalue weighted by Gasteiger charge is 2.20. The third kappa shape index (κ3) is 3.12. The van der Waals surface area contributed by atoms with Gasteiger partial charge in [0.25, 0.3) is 5.91 Å². The van der Waals surface area contributed by atoms with Gasteiger partial charge in [-0.2, -0.15) is 0 Å². The van der Waals surface area contributed by atoms with E-state index >= 15 is 0 Å². The molecule has 2 N–H and O–H groups in total. The van der Waals surface area contributed by atoms with E-state index in [0.717, 1.165) is 12.1 Å². The van der Waals surface area contributed by atoms with Crippen molar-refractivity contribution in [1.82, 2.24) is 4.90 Å². The van der Waals surface area contributed by atoms with E-state index < -0.39 is 11.6 Å². The molecule has 0 heterocycles. The molecule has 0 fully saturated rings. The van der Waals surface area contributed by atoms with Crippen LogP contribution in [0.1, 0.15) is 17.3 Å².